The van der Waals surface area contributed by atoms with Gasteiger partial charge in [0.2, 0.25) is 0 Å². The highest BCUT2D eigenvalue weighted by molar-refractivity contribution is 6.03. The van der Waals surface area contributed by atoms with Crippen LogP contribution in [0.3, 0.4) is 0 Å². The number of hydrogen-bond acceptors (Lipinski definition) is 2. The van der Waals surface area contributed by atoms with E-state index in [2.05, 4.69) is 146 Å². The third kappa shape index (κ3) is 4.64. The molecule has 8 aliphatic rings. The van der Waals surface area contributed by atoms with Crippen LogP contribution in [0.1, 0.15) is 84.2 Å². The van der Waals surface area contributed by atoms with E-state index in [1.807, 2.05) is 0 Å². The molecule has 7 atom stereocenters. The van der Waals surface area contributed by atoms with Gasteiger partial charge in [-0.3, -0.25) is 0 Å². The van der Waals surface area contributed by atoms with Crippen LogP contribution in [0.25, 0.3) is 28.0 Å². The average Bonchev–Trinajstić information content (AvgIpc) is 3.53. The molecule has 11 rings (SSSR count). The van der Waals surface area contributed by atoms with Gasteiger partial charge < -0.3 is 4.74 Å². The van der Waals surface area contributed by atoms with E-state index in [1.54, 1.807) is 5.57 Å². The Hall–Kier alpha value is -5.39. The van der Waals surface area contributed by atoms with Crippen LogP contribution >= 0.6 is 0 Å². The Morgan fingerprint density at radius 3 is 2.50 bits per heavy atom. The summed E-state index contributed by atoms with van der Waals surface area (Å²) in [6, 6.07) is 21.0. The predicted octanol–water partition coefficient (Wildman–Crippen LogP) is 12.4. The second-order valence-corrected chi connectivity index (χ2v) is 16.5. The standard InChI is InChI=1S/C52H45NO/c53-32-33-22-24-34(25-23-33)36-26-28-48-46(30-36)52(44-20-10-8-14-38(44)39-15-9-11-21-45(39)52)47-31-37(27-29-49(47)54-48)51-42-18-6-4-16-40(42)50(35-12-2-1-3-13-35)41-17-5-7-19-43(41)51/h1-4,6-10,12,14-16,18-20,22,24,27-31,33-36,47,49H,5,11,13,17,21,23,25-26H2. The molecule has 2 nitrogen and oxygen atoms in total. The van der Waals surface area contributed by atoms with E-state index in [-0.39, 0.29) is 23.4 Å². The number of fused-ring (bicyclic) bond motifs is 10. The van der Waals surface area contributed by atoms with Crippen molar-refractivity contribution >= 4 is 28.0 Å². The molecule has 3 aromatic rings. The number of ether oxygens (including phenoxy) is 1. The van der Waals surface area contributed by atoms with Crippen molar-refractivity contribution in [3.8, 4) is 6.07 Å². The van der Waals surface area contributed by atoms with Crippen LogP contribution in [-0.4, -0.2) is 6.10 Å². The van der Waals surface area contributed by atoms with E-state index in [9.17, 15) is 5.26 Å². The largest absolute Gasteiger partial charge is 0.486 e. The van der Waals surface area contributed by atoms with Crippen molar-refractivity contribution in [3.05, 3.63) is 184 Å². The molecule has 1 aliphatic heterocycles. The second kappa shape index (κ2) is 12.6. The SMILES string of the molecule is N#CC1C=CC(C2C=C3C(=CC2)OC2C=CC(c4c5c(c(C6C=CC=CC6)c6ccccc46)CCC=C5)=CC2C32C3=C(C=CCC3)c3ccccc32)CC1. The lowest BCUT2D eigenvalue weighted by Crippen LogP contribution is -2.49. The number of benzene rings is 3. The van der Waals surface area contributed by atoms with Gasteiger partial charge in [0.25, 0.3) is 0 Å². The molecule has 264 valence electrons. The molecule has 54 heavy (non-hydrogen) atoms. The van der Waals surface area contributed by atoms with Gasteiger partial charge in [0, 0.05) is 17.4 Å². The van der Waals surface area contributed by atoms with E-state index in [0.29, 0.717) is 17.8 Å². The molecule has 7 aliphatic carbocycles. The molecule has 0 aromatic heterocycles. The Morgan fingerprint density at radius 2 is 1.63 bits per heavy atom. The van der Waals surface area contributed by atoms with Crippen molar-refractivity contribution in [2.75, 3.05) is 0 Å². The van der Waals surface area contributed by atoms with Crippen molar-refractivity contribution in [1.29, 1.82) is 5.26 Å². The normalized spacial score (nSPS) is 31.1. The molecule has 1 spiro atoms. The number of rotatable bonds is 3. The zero-order valence-corrected chi connectivity index (χ0v) is 30.8. The summed E-state index contributed by atoms with van der Waals surface area (Å²) >= 11 is 0. The Labute approximate surface area is 319 Å². The summed E-state index contributed by atoms with van der Waals surface area (Å²) < 4.78 is 7.16. The lowest BCUT2D eigenvalue weighted by Gasteiger charge is -2.52. The first-order valence-corrected chi connectivity index (χ1v) is 20.4. The molecule has 7 unspecified atom stereocenters. The molecule has 3 aromatic carbocycles. The van der Waals surface area contributed by atoms with Gasteiger partial charge in [-0.1, -0.05) is 128 Å². The molecular weight excluding hydrogens is 655 g/mol. The predicted molar refractivity (Wildman–Crippen MR) is 221 cm³/mol. The van der Waals surface area contributed by atoms with Crippen LogP contribution in [0.15, 0.2) is 151 Å². The van der Waals surface area contributed by atoms with E-state index in [0.717, 1.165) is 57.1 Å². The Balaban J connectivity index is 1.14. The van der Waals surface area contributed by atoms with Crippen molar-refractivity contribution in [1.82, 2.24) is 0 Å². The van der Waals surface area contributed by atoms with E-state index in [1.165, 1.54) is 60.9 Å². The van der Waals surface area contributed by atoms with Gasteiger partial charge in [-0.15, -0.1) is 0 Å². The van der Waals surface area contributed by atoms with Crippen molar-refractivity contribution < 1.29 is 4.74 Å². The highest BCUT2D eigenvalue weighted by atomic mass is 16.5. The van der Waals surface area contributed by atoms with Crippen molar-refractivity contribution in [2.24, 2.45) is 23.7 Å². The minimum Gasteiger partial charge on any atom is -0.486 e. The smallest absolute Gasteiger partial charge is 0.125 e. The third-order valence-electron chi connectivity index (χ3n) is 13.9. The maximum Gasteiger partial charge on any atom is 0.125 e. The van der Waals surface area contributed by atoms with Crippen LogP contribution < -0.4 is 0 Å². The fraction of sp³-hybridized carbons (Fsp3) is 0.288. The number of allylic oxidation sites excluding steroid dienone is 16. The first kappa shape index (κ1) is 32.1. The molecule has 0 saturated carbocycles. The van der Waals surface area contributed by atoms with Gasteiger partial charge >= 0.3 is 0 Å². The van der Waals surface area contributed by atoms with Gasteiger partial charge in [-0.05, 0) is 136 Å². The molecule has 2 heteroatoms. The summed E-state index contributed by atoms with van der Waals surface area (Å²) in [7, 11) is 0. The molecule has 0 N–H and O–H groups in total. The van der Waals surface area contributed by atoms with Gasteiger partial charge in [0.1, 0.15) is 11.9 Å². The highest BCUT2D eigenvalue weighted by Crippen LogP contribution is 2.64. The number of nitrogens with zero attached hydrogens (tertiary/aromatic N) is 1. The Bertz CT molecular complexity index is 2480. The van der Waals surface area contributed by atoms with Crippen LogP contribution in [0.5, 0.6) is 0 Å². The Kier molecular flexibility index (Phi) is 7.48. The fourth-order valence-electron chi connectivity index (χ4n) is 11.6. The minimum absolute atomic E-state index is 0.0384. The lowest BCUT2D eigenvalue weighted by atomic mass is 9.55. The molecular formula is C52H45NO. The number of hydrogen-bond donors (Lipinski definition) is 0. The topological polar surface area (TPSA) is 33.0 Å². The molecule has 0 bridgehead atoms. The average molecular weight is 700 g/mol. The van der Waals surface area contributed by atoms with Crippen molar-refractivity contribution in [2.45, 2.75) is 68.8 Å². The van der Waals surface area contributed by atoms with Gasteiger partial charge in [0.15, 0.2) is 0 Å². The molecule has 0 amide bonds. The van der Waals surface area contributed by atoms with Crippen LogP contribution in [-0.2, 0) is 16.6 Å². The zero-order valence-electron chi connectivity index (χ0n) is 30.8. The molecule has 1 fully saturated rings. The Morgan fingerprint density at radius 1 is 0.759 bits per heavy atom. The van der Waals surface area contributed by atoms with E-state index >= 15 is 0 Å². The van der Waals surface area contributed by atoms with Crippen LogP contribution in [0.4, 0.5) is 0 Å². The lowest BCUT2D eigenvalue weighted by molar-refractivity contribution is 0.0647. The van der Waals surface area contributed by atoms with Gasteiger partial charge in [-0.2, -0.15) is 5.26 Å². The summed E-state index contributed by atoms with van der Waals surface area (Å²) in [5.74, 6) is 2.42. The summed E-state index contributed by atoms with van der Waals surface area (Å²) in [5, 5.41) is 12.4. The van der Waals surface area contributed by atoms with Crippen LogP contribution in [0.2, 0.25) is 0 Å². The highest BCUT2D eigenvalue weighted by Gasteiger charge is 2.59. The van der Waals surface area contributed by atoms with E-state index < -0.39 is 0 Å². The molecule has 1 heterocycles. The number of nitriles is 1. The first-order valence-electron chi connectivity index (χ1n) is 20.4. The first-order chi connectivity index (χ1) is 26.7. The van der Waals surface area contributed by atoms with E-state index in [4.69, 9.17) is 4.74 Å². The molecule has 1 saturated heterocycles. The van der Waals surface area contributed by atoms with Crippen LogP contribution in [0, 0.1) is 35.0 Å². The zero-order chi connectivity index (χ0) is 35.8. The maximum atomic E-state index is 9.63. The maximum absolute atomic E-state index is 9.63. The molecule has 0 radical (unpaired) electrons. The van der Waals surface area contributed by atoms with Gasteiger partial charge in [-0.25, -0.2) is 0 Å². The minimum atomic E-state index is -0.321. The fourth-order valence-corrected chi connectivity index (χ4v) is 11.6. The summed E-state index contributed by atoms with van der Waals surface area (Å²) in [6.45, 7) is 0. The summed E-state index contributed by atoms with van der Waals surface area (Å²) in [5.41, 5.74) is 14.0. The quantitative estimate of drug-likeness (QED) is 0.255. The summed E-state index contributed by atoms with van der Waals surface area (Å²) in [6.07, 6.45) is 44.0. The second-order valence-electron chi connectivity index (χ2n) is 16.5. The third-order valence-corrected chi connectivity index (χ3v) is 13.9. The van der Waals surface area contributed by atoms with Gasteiger partial charge in [0.05, 0.1) is 17.4 Å². The van der Waals surface area contributed by atoms with Crippen molar-refractivity contribution in [3.63, 3.8) is 0 Å². The monoisotopic (exact) mass is 699 g/mol. The summed E-state index contributed by atoms with van der Waals surface area (Å²) in [4.78, 5) is 0.